The van der Waals surface area contributed by atoms with E-state index < -0.39 is 5.60 Å². The molecule has 9 nitrogen and oxygen atoms in total. The van der Waals surface area contributed by atoms with E-state index in [1.807, 2.05) is 50.2 Å². The molecule has 0 spiro atoms. The van der Waals surface area contributed by atoms with E-state index in [9.17, 15) is 4.79 Å². The number of amides is 1. The number of hydrogen-bond donors (Lipinski definition) is 1. The molecule has 1 saturated carbocycles. The smallest absolute Gasteiger partial charge is 0.407 e. The summed E-state index contributed by atoms with van der Waals surface area (Å²) in [4.78, 5) is 29.1. The fourth-order valence-corrected chi connectivity index (χ4v) is 5.38. The molecule has 1 N–H and O–H groups in total. The van der Waals surface area contributed by atoms with E-state index in [4.69, 9.17) is 14.8 Å². The number of aromatic nitrogens is 5. The Labute approximate surface area is 235 Å². The Morgan fingerprint density at radius 3 is 2.73 bits per heavy atom. The molecule has 5 heterocycles. The number of piperidine rings is 1. The van der Waals surface area contributed by atoms with Crippen molar-refractivity contribution in [2.24, 2.45) is 0 Å². The van der Waals surface area contributed by atoms with Crippen LogP contribution < -0.4 is 10.2 Å². The highest BCUT2D eigenvalue weighted by Gasteiger charge is 2.32. The number of ether oxygens (including phenoxy) is 1. The quantitative estimate of drug-likeness (QED) is 0.330. The maximum absolute atomic E-state index is 12.5. The number of pyridine rings is 3. The molecule has 2 aliphatic rings. The molecule has 0 unspecified atom stereocenters. The van der Waals surface area contributed by atoms with Crippen molar-refractivity contribution in [1.29, 1.82) is 0 Å². The molecule has 208 valence electrons. The molecule has 0 bridgehead atoms. The van der Waals surface area contributed by atoms with Crippen molar-refractivity contribution in [3.8, 4) is 17.1 Å². The summed E-state index contributed by atoms with van der Waals surface area (Å²) in [6, 6.07) is 8.50. The fourth-order valence-electron chi connectivity index (χ4n) is 5.38. The van der Waals surface area contributed by atoms with Gasteiger partial charge in [-0.1, -0.05) is 13.0 Å². The molecule has 4 aromatic heterocycles. The van der Waals surface area contributed by atoms with Crippen LogP contribution in [-0.4, -0.2) is 55.6 Å². The number of nitrogens with zero attached hydrogens (tertiary/aromatic N) is 6. The first-order valence-corrected chi connectivity index (χ1v) is 14.3. The molecular weight excluding hydrogens is 502 g/mol. The molecule has 1 saturated heterocycles. The van der Waals surface area contributed by atoms with Crippen molar-refractivity contribution >= 4 is 22.8 Å². The Morgan fingerprint density at radius 1 is 1.10 bits per heavy atom. The lowest BCUT2D eigenvalue weighted by molar-refractivity contribution is 0.0500. The van der Waals surface area contributed by atoms with Gasteiger partial charge in [0.1, 0.15) is 11.4 Å². The third kappa shape index (κ3) is 5.64. The predicted octanol–water partition coefficient (Wildman–Crippen LogP) is 5.81. The second-order valence-corrected chi connectivity index (χ2v) is 11.9. The average molecular weight is 540 g/mol. The number of alkyl carbamates (subject to hydrolysis) is 1. The monoisotopic (exact) mass is 539 g/mol. The van der Waals surface area contributed by atoms with Crippen LogP contribution >= 0.6 is 0 Å². The minimum absolute atomic E-state index is 0.00719. The van der Waals surface area contributed by atoms with Gasteiger partial charge in [-0.2, -0.15) is 5.10 Å². The van der Waals surface area contributed by atoms with E-state index in [1.165, 1.54) is 24.0 Å². The van der Waals surface area contributed by atoms with Crippen LogP contribution in [-0.2, 0) is 11.2 Å². The molecule has 1 amide bonds. The second kappa shape index (κ2) is 10.5. The SMILES string of the molecule is CCc1cncc(-c2cc3c(cn2)cnn3-c2ccc(C3CC3)c(N3CCC[C@H](NC(=O)OC(C)(C)C)C3)n2)c1. The van der Waals surface area contributed by atoms with Crippen molar-refractivity contribution in [3.05, 3.63) is 60.2 Å². The zero-order chi connectivity index (χ0) is 27.9. The van der Waals surface area contributed by atoms with Gasteiger partial charge >= 0.3 is 6.09 Å². The van der Waals surface area contributed by atoms with Crippen LogP contribution in [0.5, 0.6) is 0 Å². The van der Waals surface area contributed by atoms with Crippen LogP contribution in [0.25, 0.3) is 28.0 Å². The highest BCUT2D eigenvalue weighted by atomic mass is 16.6. The van der Waals surface area contributed by atoms with Gasteiger partial charge in [0, 0.05) is 48.7 Å². The summed E-state index contributed by atoms with van der Waals surface area (Å²) in [5.41, 5.74) is 4.74. The van der Waals surface area contributed by atoms with E-state index in [1.54, 1.807) is 0 Å². The summed E-state index contributed by atoms with van der Waals surface area (Å²) in [6.45, 7) is 9.37. The number of fused-ring (bicyclic) bond motifs is 1. The molecular formula is C31H37N7O2. The molecule has 40 heavy (non-hydrogen) atoms. The van der Waals surface area contributed by atoms with Crippen LogP contribution in [0.1, 0.15) is 70.4 Å². The molecule has 0 aromatic carbocycles. The summed E-state index contributed by atoms with van der Waals surface area (Å²) >= 11 is 0. The van der Waals surface area contributed by atoms with E-state index in [-0.39, 0.29) is 12.1 Å². The van der Waals surface area contributed by atoms with E-state index >= 15 is 0 Å². The number of carbonyl (C=O) groups is 1. The van der Waals surface area contributed by atoms with Gasteiger partial charge < -0.3 is 15.0 Å². The van der Waals surface area contributed by atoms with Crippen molar-refractivity contribution in [1.82, 2.24) is 30.0 Å². The summed E-state index contributed by atoms with van der Waals surface area (Å²) in [7, 11) is 0. The Kier molecular flexibility index (Phi) is 6.90. The van der Waals surface area contributed by atoms with Gasteiger partial charge in [-0.05, 0) is 88.1 Å². The number of nitrogens with one attached hydrogen (secondary N) is 1. The van der Waals surface area contributed by atoms with E-state index in [0.29, 0.717) is 12.5 Å². The van der Waals surface area contributed by atoms with Crippen LogP contribution in [0.15, 0.2) is 49.1 Å². The summed E-state index contributed by atoms with van der Waals surface area (Å²) in [5.74, 6) is 2.31. The lowest BCUT2D eigenvalue weighted by atomic mass is 10.0. The number of rotatable bonds is 6. The van der Waals surface area contributed by atoms with Gasteiger partial charge in [0.15, 0.2) is 5.82 Å². The van der Waals surface area contributed by atoms with E-state index in [2.05, 4.69) is 51.4 Å². The second-order valence-electron chi connectivity index (χ2n) is 11.9. The Morgan fingerprint density at radius 2 is 1.95 bits per heavy atom. The molecule has 1 aliphatic heterocycles. The van der Waals surface area contributed by atoms with Crippen LogP contribution in [0.4, 0.5) is 10.6 Å². The lowest BCUT2D eigenvalue weighted by Gasteiger charge is -2.35. The zero-order valence-electron chi connectivity index (χ0n) is 23.7. The number of carbonyl (C=O) groups excluding carboxylic acids is 1. The molecule has 9 heteroatoms. The Balaban J connectivity index is 1.31. The minimum Gasteiger partial charge on any atom is -0.444 e. The largest absolute Gasteiger partial charge is 0.444 e. The normalized spacial score (nSPS) is 17.7. The predicted molar refractivity (Wildman–Crippen MR) is 156 cm³/mol. The molecule has 6 rings (SSSR count). The lowest BCUT2D eigenvalue weighted by Crippen LogP contribution is -2.49. The maximum atomic E-state index is 12.5. The minimum atomic E-state index is -0.523. The number of anilines is 1. The molecule has 4 aromatic rings. The maximum Gasteiger partial charge on any atom is 0.407 e. The van der Waals surface area contributed by atoms with Crippen LogP contribution in [0.2, 0.25) is 0 Å². The molecule has 2 fully saturated rings. The first-order chi connectivity index (χ1) is 19.3. The highest BCUT2D eigenvalue weighted by molar-refractivity contribution is 5.83. The average Bonchev–Trinajstić information content (AvgIpc) is 3.70. The fraction of sp³-hybridized carbons (Fsp3) is 0.452. The van der Waals surface area contributed by atoms with Gasteiger partial charge in [0.2, 0.25) is 0 Å². The van der Waals surface area contributed by atoms with Gasteiger partial charge in [-0.25, -0.2) is 14.5 Å². The topological polar surface area (TPSA) is 98.1 Å². The zero-order valence-corrected chi connectivity index (χ0v) is 23.7. The molecule has 0 radical (unpaired) electrons. The number of aryl methyl sites for hydroxylation is 1. The summed E-state index contributed by atoms with van der Waals surface area (Å²) < 4.78 is 7.41. The third-order valence-corrected chi connectivity index (χ3v) is 7.52. The van der Waals surface area contributed by atoms with Gasteiger partial charge in [0.25, 0.3) is 0 Å². The van der Waals surface area contributed by atoms with Crippen LogP contribution in [0.3, 0.4) is 0 Å². The molecule has 1 atom stereocenters. The standard InChI is InChI=1S/C31H37N7O2/c1-5-20-13-22(16-32-15-20)26-14-27-23(17-33-26)18-34-38(27)28-11-10-25(21-8-9-21)29(36-28)37-12-6-7-24(19-37)35-30(39)40-31(2,3)4/h10-11,13-18,21,24H,5-9,12,19H2,1-4H3,(H,35,39)/t24-/m0/s1. The Hall–Kier alpha value is -4.01. The van der Waals surface area contributed by atoms with Crippen molar-refractivity contribution < 1.29 is 9.53 Å². The first-order valence-electron chi connectivity index (χ1n) is 14.3. The number of hydrogen-bond acceptors (Lipinski definition) is 7. The van der Waals surface area contributed by atoms with Gasteiger partial charge in [-0.3, -0.25) is 9.97 Å². The Bertz CT molecular complexity index is 1540. The first kappa shape index (κ1) is 26.2. The van der Waals surface area contributed by atoms with E-state index in [0.717, 1.165) is 59.6 Å². The van der Waals surface area contributed by atoms with Gasteiger partial charge in [-0.15, -0.1) is 0 Å². The summed E-state index contributed by atoms with van der Waals surface area (Å²) in [6.07, 6.45) is 12.3. The van der Waals surface area contributed by atoms with Crippen molar-refractivity contribution in [2.45, 2.75) is 77.4 Å². The highest BCUT2D eigenvalue weighted by Crippen LogP contribution is 2.44. The van der Waals surface area contributed by atoms with Gasteiger partial charge in [0.05, 0.1) is 17.4 Å². The summed E-state index contributed by atoms with van der Waals surface area (Å²) in [5, 5.41) is 8.74. The van der Waals surface area contributed by atoms with Crippen LogP contribution in [0, 0.1) is 0 Å². The molecule has 1 aliphatic carbocycles. The van der Waals surface area contributed by atoms with Crippen molar-refractivity contribution in [3.63, 3.8) is 0 Å². The third-order valence-electron chi connectivity index (χ3n) is 7.52. The van der Waals surface area contributed by atoms with Crippen molar-refractivity contribution in [2.75, 3.05) is 18.0 Å².